The molecule has 0 atom stereocenters. The minimum absolute atomic E-state index is 0.0352. The summed E-state index contributed by atoms with van der Waals surface area (Å²) in [5.41, 5.74) is 0.660. The van der Waals surface area contributed by atoms with Crippen molar-refractivity contribution in [3.8, 4) is 0 Å². The van der Waals surface area contributed by atoms with Crippen LogP contribution in [0.4, 0.5) is 0 Å². The minimum atomic E-state index is -1.60. The third-order valence-corrected chi connectivity index (χ3v) is 6.17. The van der Waals surface area contributed by atoms with E-state index in [4.69, 9.17) is 92.8 Å². The molecule has 0 bridgehead atoms. The van der Waals surface area contributed by atoms with Gasteiger partial charge in [-0.05, 0) is 0 Å². The molecule has 0 aromatic heterocycles. The van der Waals surface area contributed by atoms with Crippen LogP contribution in [-0.4, -0.2) is 0 Å². The molecule has 0 unspecified atom stereocenters. The Kier molecular flexibility index (Phi) is 4.60. The third-order valence-electron chi connectivity index (χ3n) is 2.64. The molecule has 0 fully saturated rings. The van der Waals surface area contributed by atoms with Gasteiger partial charge in [-0.2, -0.15) is 0 Å². The van der Waals surface area contributed by atoms with E-state index in [0.717, 1.165) is 0 Å². The molecular formula is C11H2Cl8. The van der Waals surface area contributed by atoms with E-state index < -0.39 is 4.33 Å². The number of hydrogen-bond donors (Lipinski definition) is 0. The summed E-state index contributed by atoms with van der Waals surface area (Å²) < 4.78 is -1.60. The fraction of sp³-hybridized carbons (Fsp3) is 0.0909. The van der Waals surface area contributed by atoms with Crippen LogP contribution in [-0.2, 0) is 4.33 Å². The van der Waals surface area contributed by atoms with Gasteiger partial charge >= 0.3 is 0 Å². The summed E-state index contributed by atoms with van der Waals surface area (Å²) in [6.07, 6.45) is 0. The fourth-order valence-corrected chi connectivity index (χ4v) is 4.10. The second kappa shape index (κ2) is 5.34. The van der Waals surface area contributed by atoms with Gasteiger partial charge in [0, 0.05) is 16.7 Å². The quantitative estimate of drug-likeness (QED) is 0.231. The van der Waals surface area contributed by atoms with Gasteiger partial charge in [0.1, 0.15) is 0 Å². The van der Waals surface area contributed by atoms with Gasteiger partial charge in [0.15, 0.2) is 4.33 Å². The van der Waals surface area contributed by atoms with Crippen LogP contribution in [0.5, 0.6) is 0 Å². The Morgan fingerprint density at radius 3 is 1.68 bits per heavy atom. The molecular weight excluding hydrogens is 416 g/mol. The van der Waals surface area contributed by atoms with Crippen molar-refractivity contribution in [3.05, 3.63) is 48.4 Å². The molecule has 2 rings (SSSR count). The molecule has 0 amide bonds. The summed E-state index contributed by atoms with van der Waals surface area (Å²) in [4.78, 5) is 0. The van der Waals surface area contributed by atoms with Gasteiger partial charge in [-0.1, -0.05) is 99.4 Å². The maximum atomic E-state index is 6.26. The van der Waals surface area contributed by atoms with E-state index in [1.54, 1.807) is 0 Å². The first-order chi connectivity index (χ1) is 8.62. The van der Waals surface area contributed by atoms with Gasteiger partial charge in [-0.3, -0.25) is 0 Å². The molecule has 0 spiro atoms. The van der Waals surface area contributed by atoms with Gasteiger partial charge in [-0.25, -0.2) is 0 Å². The van der Waals surface area contributed by atoms with Crippen molar-refractivity contribution >= 4 is 97.8 Å². The average Bonchev–Trinajstić information content (AvgIpc) is 2.35. The summed E-state index contributed by atoms with van der Waals surface area (Å²) in [5, 5.41) is 0.422. The first-order valence-electron chi connectivity index (χ1n) is 4.62. The largest absolute Gasteiger partial charge is 0.171 e. The normalized spacial score (nSPS) is 17.8. The van der Waals surface area contributed by atoms with Crippen molar-refractivity contribution < 1.29 is 0 Å². The highest BCUT2D eigenvalue weighted by atomic mass is 35.5. The van der Waals surface area contributed by atoms with E-state index in [-0.39, 0.29) is 46.9 Å². The van der Waals surface area contributed by atoms with Crippen molar-refractivity contribution in [1.82, 2.24) is 0 Å². The van der Waals surface area contributed by atoms with E-state index in [9.17, 15) is 0 Å². The summed E-state index contributed by atoms with van der Waals surface area (Å²) >= 11 is 49.0. The van der Waals surface area contributed by atoms with Crippen LogP contribution in [0.15, 0.2) is 17.2 Å². The Labute approximate surface area is 149 Å². The molecule has 0 N–H and O–H groups in total. The van der Waals surface area contributed by atoms with Crippen molar-refractivity contribution in [2.75, 3.05) is 0 Å². The molecule has 102 valence electrons. The van der Waals surface area contributed by atoms with Crippen LogP contribution in [0.1, 0.15) is 11.1 Å². The van der Waals surface area contributed by atoms with E-state index in [1.165, 1.54) is 0 Å². The fourth-order valence-electron chi connectivity index (χ4n) is 1.66. The maximum Gasteiger partial charge on any atom is 0.171 e. The molecule has 8 heteroatoms. The molecule has 0 saturated heterocycles. The van der Waals surface area contributed by atoms with Crippen LogP contribution in [0.25, 0.3) is 5.03 Å². The van der Waals surface area contributed by atoms with Crippen LogP contribution in [0, 0.1) is 0 Å². The van der Waals surface area contributed by atoms with Crippen molar-refractivity contribution in [1.29, 1.82) is 0 Å². The molecule has 0 radical (unpaired) electrons. The molecule has 0 heterocycles. The lowest BCUT2D eigenvalue weighted by Gasteiger charge is -2.32. The van der Waals surface area contributed by atoms with Crippen molar-refractivity contribution in [2.45, 2.75) is 4.33 Å². The van der Waals surface area contributed by atoms with Gasteiger partial charge < -0.3 is 0 Å². The minimum Gasteiger partial charge on any atom is -0.0909 e. The molecule has 0 nitrogen and oxygen atoms in total. The number of allylic oxidation sites excluding steroid dienone is 2. The first kappa shape index (κ1) is 16.4. The molecule has 1 aromatic carbocycles. The Morgan fingerprint density at radius 1 is 0.684 bits per heavy atom. The SMILES string of the molecule is C=C1C(Cl)=C(Cl)c2c(Cl)c(Cl)c(Cl)c(Cl)c2C1(Cl)Cl. The number of alkyl halides is 2. The lowest BCUT2D eigenvalue weighted by atomic mass is 9.92. The highest BCUT2D eigenvalue weighted by Crippen LogP contribution is 2.59. The van der Waals surface area contributed by atoms with Gasteiger partial charge in [0.25, 0.3) is 0 Å². The van der Waals surface area contributed by atoms with Crippen molar-refractivity contribution in [2.24, 2.45) is 0 Å². The van der Waals surface area contributed by atoms with Crippen LogP contribution in [0.2, 0.25) is 20.1 Å². The summed E-state index contributed by atoms with van der Waals surface area (Å²) in [7, 11) is 0. The Hall–Kier alpha value is 1.02. The Morgan fingerprint density at radius 2 is 1.16 bits per heavy atom. The maximum absolute atomic E-state index is 6.26. The smallest absolute Gasteiger partial charge is 0.0909 e. The number of rotatable bonds is 0. The van der Waals surface area contributed by atoms with Gasteiger partial charge in [-0.15, -0.1) is 0 Å². The zero-order valence-electron chi connectivity index (χ0n) is 8.73. The number of hydrogen-bond acceptors (Lipinski definition) is 0. The van der Waals surface area contributed by atoms with E-state index in [2.05, 4.69) is 6.58 Å². The Bertz CT molecular complexity index is 641. The summed E-state index contributed by atoms with van der Waals surface area (Å²) in [5.74, 6) is 0. The van der Waals surface area contributed by atoms with Gasteiger partial charge in [0.05, 0.1) is 30.2 Å². The molecule has 1 aliphatic carbocycles. The molecule has 0 saturated carbocycles. The van der Waals surface area contributed by atoms with Crippen molar-refractivity contribution in [3.63, 3.8) is 0 Å². The van der Waals surface area contributed by atoms with Crippen LogP contribution < -0.4 is 0 Å². The topological polar surface area (TPSA) is 0 Å². The molecule has 1 aliphatic rings. The Balaban J connectivity index is 3.04. The standard InChI is InChI=1S/C11H2Cl8/c1-2-5(12)6(13)3-4(11(2,18)19)8(15)10(17)9(16)7(3)14/h1H2. The lowest BCUT2D eigenvalue weighted by Crippen LogP contribution is -2.21. The van der Waals surface area contributed by atoms with Crippen LogP contribution in [0.3, 0.4) is 0 Å². The molecule has 1 aromatic rings. The highest BCUT2D eigenvalue weighted by Gasteiger charge is 2.44. The van der Waals surface area contributed by atoms with E-state index >= 15 is 0 Å². The van der Waals surface area contributed by atoms with E-state index in [0.29, 0.717) is 0 Å². The zero-order chi connectivity index (χ0) is 14.7. The first-order valence-corrected chi connectivity index (χ1v) is 7.64. The predicted octanol–water partition coefficient (Wildman–Crippen LogP) is 7.65. The number of halogens is 8. The number of fused-ring (bicyclic) bond motifs is 1. The lowest BCUT2D eigenvalue weighted by molar-refractivity contribution is 1.02. The highest BCUT2D eigenvalue weighted by molar-refractivity contribution is 6.63. The predicted molar refractivity (Wildman–Crippen MR) is 87.6 cm³/mol. The zero-order valence-corrected chi connectivity index (χ0v) is 14.8. The second-order valence-electron chi connectivity index (χ2n) is 3.69. The molecule has 19 heavy (non-hydrogen) atoms. The third kappa shape index (κ3) is 2.29. The molecule has 0 aliphatic heterocycles. The monoisotopic (exact) mass is 414 g/mol. The van der Waals surface area contributed by atoms with Gasteiger partial charge in [0.2, 0.25) is 0 Å². The van der Waals surface area contributed by atoms with E-state index in [1.807, 2.05) is 0 Å². The second-order valence-corrected chi connectivity index (χ2v) is 7.28. The van der Waals surface area contributed by atoms with Crippen LogP contribution >= 0.6 is 92.8 Å². The average molecular weight is 418 g/mol. The summed E-state index contributed by atoms with van der Waals surface area (Å²) in [6, 6.07) is 0. The summed E-state index contributed by atoms with van der Waals surface area (Å²) in [6.45, 7) is 3.70. The number of benzene rings is 1.